The lowest BCUT2D eigenvalue weighted by atomic mass is 10.1. The third kappa shape index (κ3) is 1.33. The number of nitrogens with zero attached hydrogens (tertiary/aromatic N) is 2. The van der Waals surface area contributed by atoms with Crippen molar-refractivity contribution in [3.05, 3.63) is 23.8 Å². The molecule has 0 spiro atoms. The minimum atomic E-state index is -0.400. The van der Waals surface area contributed by atoms with Crippen molar-refractivity contribution in [2.75, 3.05) is 25.6 Å². The number of anilines is 1. The third-order valence-corrected chi connectivity index (χ3v) is 3.57. The maximum Gasteiger partial charge on any atom is 0.247 e. The van der Waals surface area contributed by atoms with E-state index in [0.29, 0.717) is 12.2 Å². The second-order valence-electron chi connectivity index (χ2n) is 4.65. The van der Waals surface area contributed by atoms with E-state index in [1.54, 1.807) is 19.1 Å². The predicted octanol–water partition coefficient (Wildman–Crippen LogP) is 0.425. The maximum absolute atomic E-state index is 12.1. The minimum Gasteiger partial charge on any atom is -0.495 e. The molecule has 2 amide bonds. The summed E-state index contributed by atoms with van der Waals surface area (Å²) in [7, 11) is 3.24. The second-order valence-corrected chi connectivity index (χ2v) is 4.65. The largest absolute Gasteiger partial charge is 0.495 e. The van der Waals surface area contributed by atoms with E-state index in [2.05, 4.69) is 0 Å². The molecule has 1 unspecified atom stereocenters. The van der Waals surface area contributed by atoms with Crippen LogP contribution >= 0.6 is 0 Å². The zero-order chi connectivity index (χ0) is 12.9. The molecule has 0 bridgehead atoms. The van der Waals surface area contributed by atoms with Gasteiger partial charge >= 0.3 is 0 Å². The zero-order valence-electron chi connectivity index (χ0n) is 10.3. The highest BCUT2D eigenvalue weighted by Crippen LogP contribution is 2.41. The molecule has 1 aromatic rings. The van der Waals surface area contributed by atoms with Crippen molar-refractivity contribution >= 4 is 17.5 Å². The molecule has 1 saturated heterocycles. The number of carbonyl (C=O) groups is 2. The molecule has 94 valence electrons. The fourth-order valence-corrected chi connectivity index (χ4v) is 2.73. The van der Waals surface area contributed by atoms with E-state index in [4.69, 9.17) is 4.74 Å². The van der Waals surface area contributed by atoms with Gasteiger partial charge in [0.2, 0.25) is 11.8 Å². The van der Waals surface area contributed by atoms with E-state index in [1.807, 2.05) is 18.2 Å². The van der Waals surface area contributed by atoms with Crippen molar-refractivity contribution in [1.82, 2.24) is 4.90 Å². The number of para-hydroxylation sites is 1. The van der Waals surface area contributed by atoms with Gasteiger partial charge in [-0.15, -0.1) is 0 Å². The number of piperazine rings is 1. The molecule has 18 heavy (non-hydrogen) atoms. The number of likely N-dealkylation sites (N-methyl/N-ethyl adjacent to an activating group) is 1. The number of fused-ring (bicyclic) bond motifs is 3. The van der Waals surface area contributed by atoms with Crippen LogP contribution in [-0.2, 0) is 16.0 Å². The molecule has 0 saturated carbocycles. The van der Waals surface area contributed by atoms with Crippen LogP contribution in [0.3, 0.4) is 0 Å². The average Bonchev–Trinajstić information content (AvgIpc) is 2.75. The molecule has 0 aromatic heterocycles. The van der Waals surface area contributed by atoms with Crippen LogP contribution in [0.15, 0.2) is 18.2 Å². The molecule has 2 aliphatic rings. The first-order valence-electron chi connectivity index (χ1n) is 5.86. The highest BCUT2D eigenvalue weighted by Gasteiger charge is 2.45. The molecule has 0 aliphatic carbocycles. The lowest BCUT2D eigenvalue weighted by molar-refractivity contribution is -0.139. The molecule has 5 nitrogen and oxygen atoms in total. The third-order valence-electron chi connectivity index (χ3n) is 3.57. The summed E-state index contributed by atoms with van der Waals surface area (Å²) < 4.78 is 5.30. The molecule has 1 fully saturated rings. The van der Waals surface area contributed by atoms with Gasteiger partial charge in [0.15, 0.2) is 0 Å². The molecule has 3 rings (SSSR count). The van der Waals surface area contributed by atoms with E-state index >= 15 is 0 Å². The lowest BCUT2D eigenvalue weighted by Crippen LogP contribution is -2.57. The van der Waals surface area contributed by atoms with Gasteiger partial charge in [0, 0.05) is 13.5 Å². The molecular weight excluding hydrogens is 232 g/mol. The Bertz CT molecular complexity index is 541. The van der Waals surface area contributed by atoms with Crippen LogP contribution in [0.1, 0.15) is 5.56 Å². The molecule has 2 heterocycles. The Morgan fingerprint density at radius 1 is 1.33 bits per heavy atom. The van der Waals surface area contributed by atoms with Gasteiger partial charge in [0.05, 0.1) is 19.3 Å². The first kappa shape index (κ1) is 11.1. The van der Waals surface area contributed by atoms with Gasteiger partial charge in [-0.3, -0.25) is 14.5 Å². The normalized spacial score (nSPS) is 22.0. The predicted molar refractivity (Wildman–Crippen MR) is 65.6 cm³/mol. The van der Waals surface area contributed by atoms with E-state index in [0.717, 1.165) is 11.3 Å². The van der Waals surface area contributed by atoms with Crippen molar-refractivity contribution in [3.63, 3.8) is 0 Å². The molecule has 1 aromatic carbocycles. The summed E-state index contributed by atoms with van der Waals surface area (Å²) >= 11 is 0. The van der Waals surface area contributed by atoms with E-state index in [1.165, 1.54) is 4.90 Å². The molecule has 0 N–H and O–H groups in total. The number of amides is 2. The lowest BCUT2D eigenvalue weighted by Gasteiger charge is -2.34. The quantitative estimate of drug-likeness (QED) is 0.722. The van der Waals surface area contributed by atoms with Gasteiger partial charge in [-0.1, -0.05) is 12.1 Å². The van der Waals surface area contributed by atoms with Crippen molar-refractivity contribution in [2.24, 2.45) is 0 Å². The highest BCUT2D eigenvalue weighted by molar-refractivity contribution is 6.09. The number of methoxy groups -OCH3 is 1. The summed E-state index contributed by atoms with van der Waals surface area (Å²) in [6.45, 7) is 0.132. The van der Waals surface area contributed by atoms with E-state index in [9.17, 15) is 9.59 Å². The fourth-order valence-electron chi connectivity index (χ4n) is 2.73. The first-order valence-corrected chi connectivity index (χ1v) is 5.86. The number of hydrogen-bond donors (Lipinski definition) is 0. The summed E-state index contributed by atoms with van der Waals surface area (Å²) in [5.41, 5.74) is 1.76. The van der Waals surface area contributed by atoms with Crippen molar-refractivity contribution < 1.29 is 14.3 Å². The summed E-state index contributed by atoms with van der Waals surface area (Å²) in [5, 5.41) is 0. The van der Waals surface area contributed by atoms with Gasteiger partial charge in [-0.2, -0.15) is 0 Å². The molecule has 1 atom stereocenters. The van der Waals surface area contributed by atoms with Crippen LogP contribution < -0.4 is 9.64 Å². The fraction of sp³-hybridized carbons (Fsp3) is 0.385. The van der Waals surface area contributed by atoms with Crippen LogP contribution in [0.4, 0.5) is 5.69 Å². The number of benzene rings is 1. The molecule has 0 radical (unpaired) electrons. The standard InChI is InChI=1S/C13H14N2O3/c1-14-7-11(16)15-9(13(14)17)6-8-4-3-5-10(18-2)12(8)15/h3-5,9H,6-7H2,1-2H3. The number of carbonyl (C=O) groups excluding carboxylic acids is 2. The highest BCUT2D eigenvalue weighted by atomic mass is 16.5. The summed E-state index contributed by atoms with van der Waals surface area (Å²) in [6.07, 6.45) is 0.571. The molecule has 2 aliphatic heterocycles. The smallest absolute Gasteiger partial charge is 0.247 e. The Hall–Kier alpha value is -2.04. The van der Waals surface area contributed by atoms with Gasteiger partial charge in [0.25, 0.3) is 0 Å². The van der Waals surface area contributed by atoms with Crippen LogP contribution in [0.5, 0.6) is 5.75 Å². The minimum absolute atomic E-state index is 0.00662. The Balaban J connectivity index is 2.12. The van der Waals surface area contributed by atoms with Crippen LogP contribution in [-0.4, -0.2) is 43.5 Å². The van der Waals surface area contributed by atoms with Crippen molar-refractivity contribution in [2.45, 2.75) is 12.5 Å². The van der Waals surface area contributed by atoms with Crippen molar-refractivity contribution in [3.8, 4) is 5.75 Å². The number of rotatable bonds is 1. The first-order chi connectivity index (χ1) is 8.63. The topological polar surface area (TPSA) is 49.9 Å². The number of hydrogen-bond acceptors (Lipinski definition) is 3. The van der Waals surface area contributed by atoms with E-state index < -0.39 is 6.04 Å². The maximum atomic E-state index is 12.1. The van der Waals surface area contributed by atoms with Crippen LogP contribution in [0, 0.1) is 0 Å². The Labute approximate surface area is 105 Å². The van der Waals surface area contributed by atoms with Crippen LogP contribution in [0.25, 0.3) is 0 Å². The second kappa shape index (κ2) is 3.73. The summed E-state index contributed by atoms with van der Waals surface area (Å²) in [5.74, 6) is 0.596. The zero-order valence-corrected chi connectivity index (χ0v) is 10.3. The monoisotopic (exact) mass is 246 g/mol. The van der Waals surface area contributed by atoms with Crippen molar-refractivity contribution in [1.29, 1.82) is 0 Å². The van der Waals surface area contributed by atoms with E-state index in [-0.39, 0.29) is 18.4 Å². The number of ether oxygens (including phenoxy) is 1. The Kier molecular flexibility index (Phi) is 2.29. The Morgan fingerprint density at radius 2 is 2.11 bits per heavy atom. The SMILES string of the molecule is COc1cccc2c1N1C(=O)CN(C)C(=O)C1C2. The van der Waals surface area contributed by atoms with Crippen LogP contribution in [0.2, 0.25) is 0 Å². The Morgan fingerprint density at radius 3 is 2.83 bits per heavy atom. The van der Waals surface area contributed by atoms with Gasteiger partial charge < -0.3 is 9.64 Å². The molecule has 5 heteroatoms. The van der Waals surface area contributed by atoms with Gasteiger partial charge in [-0.05, 0) is 11.6 Å². The summed E-state index contributed by atoms with van der Waals surface area (Å²) in [6, 6.07) is 5.24. The summed E-state index contributed by atoms with van der Waals surface area (Å²) in [4.78, 5) is 27.3. The molecular formula is C13H14N2O3. The average molecular weight is 246 g/mol. The van der Waals surface area contributed by atoms with Gasteiger partial charge in [0.1, 0.15) is 11.8 Å². The van der Waals surface area contributed by atoms with Gasteiger partial charge in [-0.25, -0.2) is 0 Å².